The smallest absolute Gasteiger partial charge is 0.259 e. The minimum absolute atomic E-state index is 0.254. The molecule has 2 aromatic carbocycles. The maximum absolute atomic E-state index is 12.8. The summed E-state index contributed by atoms with van der Waals surface area (Å²) in [4.78, 5) is 24.3. The second-order valence-corrected chi connectivity index (χ2v) is 6.30. The standard InChI is InChI=1S/C21H22N4O2/c1-3-19-17(12-23-25(19)13-15-8-5-4-6-9-15)21(27)24-18-11-7-10-16(14(18)2)20(22)26/h4-12H,3,13H2,1-2H3,(H2,22,26)(H,24,27). The van der Waals surface area contributed by atoms with E-state index in [0.717, 1.165) is 11.3 Å². The highest BCUT2D eigenvalue weighted by atomic mass is 16.2. The number of aromatic nitrogens is 2. The quantitative estimate of drug-likeness (QED) is 0.706. The molecule has 27 heavy (non-hydrogen) atoms. The lowest BCUT2D eigenvalue weighted by Crippen LogP contribution is -2.18. The van der Waals surface area contributed by atoms with Crippen LogP contribution in [-0.2, 0) is 13.0 Å². The van der Waals surface area contributed by atoms with Crippen molar-refractivity contribution in [2.24, 2.45) is 5.73 Å². The molecule has 3 N–H and O–H groups in total. The maximum Gasteiger partial charge on any atom is 0.259 e. The molecule has 0 aliphatic heterocycles. The van der Waals surface area contributed by atoms with Crippen molar-refractivity contribution >= 4 is 17.5 Å². The highest BCUT2D eigenvalue weighted by Crippen LogP contribution is 2.21. The number of carbonyl (C=O) groups excluding carboxylic acids is 2. The van der Waals surface area contributed by atoms with E-state index in [4.69, 9.17) is 5.73 Å². The normalized spacial score (nSPS) is 10.6. The predicted molar refractivity (Wildman–Crippen MR) is 105 cm³/mol. The van der Waals surface area contributed by atoms with E-state index < -0.39 is 5.91 Å². The summed E-state index contributed by atoms with van der Waals surface area (Å²) in [6.07, 6.45) is 2.26. The number of hydrogen-bond acceptors (Lipinski definition) is 3. The Labute approximate surface area is 158 Å². The fourth-order valence-electron chi connectivity index (χ4n) is 3.09. The van der Waals surface area contributed by atoms with Gasteiger partial charge < -0.3 is 11.1 Å². The molecule has 0 spiro atoms. The number of benzene rings is 2. The Morgan fingerprint density at radius 3 is 2.48 bits per heavy atom. The van der Waals surface area contributed by atoms with E-state index in [1.807, 2.05) is 41.9 Å². The average molecular weight is 362 g/mol. The zero-order valence-electron chi connectivity index (χ0n) is 15.4. The molecule has 0 fully saturated rings. The molecular weight excluding hydrogens is 340 g/mol. The third-order valence-corrected chi connectivity index (χ3v) is 4.55. The fourth-order valence-corrected chi connectivity index (χ4v) is 3.09. The van der Waals surface area contributed by atoms with E-state index in [2.05, 4.69) is 10.4 Å². The van der Waals surface area contributed by atoms with Crippen molar-refractivity contribution in [1.29, 1.82) is 0 Å². The molecule has 1 heterocycles. The van der Waals surface area contributed by atoms with Crippen molar-refractivity contribution in [3.8, 4) is 0 Å². The van der Waals surface area contributed by atoms with Gasteiger partial charge in [-0.2, -0.15) is 5.10 Å². The third kappa shape index (κ3) is 3.89. The zero-order chi connectivity index (χ0) is 19.4. The van der Waals surface area contributed by atoms with E-state index in [1.54, 1.807) is 31.3 Å². The first-order valence-electron chi connectivity index (χ1n) is 8.80. The van der Waals surface area contributed by atoms with E-state index >= 15 is 0 Å². The van der Waals surface area contributed by atoms with Gasteiger partial charge in [0.15, 0.2) is 0 Å². The van der Waals surface area contributed by atoms with Crippen LogP contribution in [-0.4, -0.2) is 21.6 Å². The van der Waals surface area contributed by atoms with Gasteiger partial charge in [0, 0.05) is 11.3 Å². The maximum atomic E-state index is 12.8. The zero-order valence-corrected chi connectivity index (χ0v) is 15.4. The molecule has 6 heteroatoms. The number of nitrogens with one attached hydrogen (secondary N) is 1. The first kappa shape index (κ1) is 18.4. The molecule has 6 nitrogen and oxygen atoms in total. The van der Waals surface area contributed by atoms with Crippen molar-refractivity contribution < 1.29 is 9.59 Å². The van der Waals surface area contributed by atoms with Gasteiger partial charge in [0.1, 0.15) is 0 Å². The molecule has 0 radical (unpaired) electrons. The summed E-state index contributed by atoms with van der Waals surface area (Å²) in [6, 6.07) is 15.1. The molecule has 0 saturated heterocycles. The van der Waals surface area contributed by atoms with Crippen LogP contribution >= 0.6 is 0 Å². The van der Waals surface area contributed by atoms with Crippen molar-refractivity contribution in [3.05, 3.63) is 82.7 Å². The van der Waals surface area contributed by atoms with Crippen molar-refractivity contribution in [3.63, 3.8) is 0 Å². The summed E-state index contributed by atoms with van der Waals surface area (Å²) < 4.78 is 1.84. The molecular formula is C21H22N4O2. The molecule has 0 atom stereocenters. The minimum Gasteiger partial charge on any atom is -0.366 e. The monoisotopic (exact) mass is 362 g/mol. The van der Waals surface area contributed by atoms with Gasteiger partial charge in [-0.1, -0.05) is 43.3 Å². The highest BCUT2D eigenvalue weighted by molar-refractivity contribution is 6.06. The van der Waals surface area contributed by atoms with E-state index in [-0.39, 0.29) is 5.91 Å². The second kappa shape index (κ2) is 7.86. The number of rotatable bonds is 6. The molecule has 0 bridgehead atoms. The lowest BCUT2D eigenvalue weighted by atomic mass is 10.1. The Morgan fingerprint density at radius 1 is 1.07 bits per heavy atom. The van der Waals surface area contributed by atoms with Crippen LogP contribution in [0.4, 0.5) is 5.69 Å². The molecule has 3 aromatic rings. The summed E-state index contributed by atoms with van der Waals surface area (Å²) in [7, 11) is 0. The number of nitrogens with two attached hydrogens (primary N) is 1. The van der Waals surface area contributed by atoms with Gasteiger partial charge in [0.05, 0.1) is 24.0 Å². The van der Waals surface area contributed by atoms with Crippen LogP contribution in [0.25, 0.3) is 0 Å². The number of hydrogen-bond donors (Lipinski definition) is 2. The number of amides is 2. The van der Waals surface area contributed by atoms with E-state index in [0.29, 0.717) is 35.3 Å². The highest BCUT2D eigenvalue weighted by Gasteiger charge is 2.18. The Balaban J connectivity index is 1.86. The van der Waals surface area contributed by atoms with Crippen LogP contribution in [0, 0.1) is 6.92 Å². The van der Waals surface area contributed by atoms with Crippen LogP contribution in [0.5, 0.6) is 0 Å². The van der Waals surface area contributed by atoms with Crippen molar-refractivity contribution in [2.75, 3.05) is 5.32 Å². The number of nitrogens with zero attached hydrogens (tertiary/aromatic N) is 2. The van der Waals surface area contributed by atoms with Crippen molar-refractivity contribution in [1.82, 2.24) is 9.78 Å². The minimum atomic E-state index is -0.520. The molecule has 3 rings (SSSR count). The molecule has 138 valence electrons. The predicted octanol–water partition coefficient (Wildman–Crippen LogP) is 3.15. The summed E-state index contributed by atoms with van der Waals surface area (Å²) in [5.74, 6) is -0.774. The Bertz CT molecular complexity index is 977. The average Bonchev–Trinajstić information content (AvgIpc) is 3.06. The topological polar surface area (TPSA) is 90.0 Å². The molecule has 0 saturated carbocycles. The lowest BCUT2D eigenvalue weighted by molar-refractivity contribution is 0.0995. The summed E-state index contributed by atoms with van der Waals surface area (Å²) in [5, 5.41) is 7.27. The van der Waals surface area contributed by atoms with Gasteiger partial charge in [-0.3, -0.25) is 14.3 Å². The number of anilines is 1. The first-order valence-corrected chi connectivity index (χ1v) is 8.80. The van der Waals surface area contributed by atoms with Gasteiger partial charge in [0.2, 0.25) is 5.91 Å². The van der Waals surface area contributed by atoms with Crippen molar-refractivity contribution in [2.45, 2.75) is 26.8 Å². The van der Waals surface area contributed by atoms with Gasteiger partial charge in [-0.25, -0.2) is 0 Å². The molecule has 2 amide bonds. The van der Waals surface area contributed by atoms with Crippen LogP contribution in [0.15, 0.2) is 54.7 Å². The van der Waals surface area contributed by atoms with Crippen LogP contribution in [0.1, 0.15) is 44.5 Å². The Morgan fingerprint density at radius 2 is 1.81 bits per heavy atom. The second-order valence-electron chi connectivity index (χ2n) is 6.30. The third-order valence-electron chi connectivity index (χ3n) is 4.55. The number of carbonyl (C=O) groups is 2. The largest absolute Gasteiger partial charge is 0.366 e. The molecule has 0 aliphatic carbocycles. The molecule has 0 unspecified atom stereocenters. The summed E-state index contributed by atoms with van der Waals surface area (Å²) >= 11 is 0. The lowest BCUT2D eigenvalue weighted by Gasteiger charge is -2.12. The van der Waals surface area contributed by atoms with Gasteiger partial charge >= 0.3 is 0 Å². The van der Waals surface area contributed by atoms with Gasteiger partial charge in [-0.05, 0) is 36.6 Å². The molecule has 0 aliphatic rings. The van der Waals surface area contributed by atoms with Crippen LogP contribution in [0.2, 0.25) is 0 Å². The Hall–Kier alpha value is -3.41. The molecule has 1 aromatic heterocycles. The SMILES string of the molecule is CCc1c(C(=O)Nc2cccc(C(N)=O)c2C)cnn1Cc1ccccc1. The van der Waals surface area contributed by atoms with E-state index in [9.17, 15) is 9.59 Å². The Kier molecular flexibility index (Phi) is 5.35. The van der Waals surface area contributed by atoms with Crippen LogP contribution in [0.3, 0.4) is 0 Å². The summed E-state index contributed by atoms with van der Waals surface area (Å²) in [6.45, 7) is 4.36. The van der Waals surface area contributed by atoms with Gasteiger partial charge in [-0.15, -0.1) is 0 Å². The van der Waals surface area contributed by atoms with E-state index in [1.165, 1.54) is 0 Å². The van der Waals surface area contributed by atoms with Gasteiger partial charge in [0.25, 0.3) is 5.91 Å². The first-order chi connectivity index (χ1) is 13.0. The fraction of sp³-hybridized carbons (Fsp3) is 0.190. The number of primary amides is 1. The van der Waals surface area contributed by atoms with Crippen LogP contribution < -0.4 is 11.1 Å². The summed E-state index contributed by atoms with van der Waals surface area (Å²) in [5.41, 5.74) is 9.49.